The Kier molecular flexibility index (Phi) is 7.87. The van der Waals surface area contributed by atoms with Crippen molar-refractivity contribution in [3.05, 3.63) is 75.8 Å². The summed E-state index contributed by atoms with van der Waals surface area (Å²) in [5, 5.41) is 47.8. The summed E-state index contributed by atoms with van der Waals surface area (Å²) in [4.78, 5) is 54.9. The van der Waals surface area contributed by atoms with Crippen LogP contribution in [0.1, 0.15) is 27.9 Å². The van der Waals surface area contributed by atoms with Crippen LogP contribution in [0.25, 0.3) is 11.1 Å². The zero-order valence-electron chi connectivity index (χ0n) is 24.9. The van der Waals surface area contributed by atoms with Crippen molar-refractivity contribution in [1.29, 1.82) is 0 Å². The fourth-order valence-electron chi connectivity index (χ4n) is 6.87. The number of nitrogens with one attached hydrogen (secondary N) is 1. The number of aromatic hydroxyl groups is 1. The molecule has 2 aromatic carbocycles. The third-order valence-corrected chi connectivity index (χ3v) is 8.82. The monoisotopic (exact) mass is 604 g/mol. The minimum Gasteiger partial charge on any atom is -0.510 e. The van der Waals surface area contributed by atoms with Gasteiger partial charge in [-0.05, 0) is 75.3 Å². The number of benzene rings is 2. The number of carbonyl (C=O) groups excluding carboxylic acids is 4. The quantitative estimate of drug-likeness (QED) is 0.248. The number of carbonyl (C=O) groups is 4. The Morgan fingerprint density at radius 2 is 1.68 bits per heavy atom. The van der Waals surface area contributed by atoms with Gasteiger partial charge in [-0.15, -0.1) is 0 Å². The van der Waals surface area contributed by atoms with Crippen molar-refractivity contribution >= 4 is 23.4 Å². The highest BCUT2D eigenvalue weighted by Crippen LogP contribution is 2.53. The summed E-state index contributed by atoms with van der Waals surface area (Å²) in [5.74, 6) is -7.00. The average Bonchev–Trinajstić information content (AvgIpc) is 2.93. The predicted molar refractivity (Wildman–Crippen MR) is 160 cm³/mol. The molecule has 2 amide bonds. The molecule has 2 aromatic rings. The van der Waals surface area contributed by atoms with Crippen molar-refractivity contribution in [2.24, 2.45) is 17.6 Å². The number of allylic oxidation sites excluding steroid dienone is 1. The number of phenols is 1. The number of Topliss-reactive ketones (excluding diaryl/α,β-unsaturated/α-hetero) is 2. The average molecular weight is 605 g/mol. The van der Waals surface area contributed by atoms with Crippen molar-refractivity contribution in [3.8, 4) is 16.9 Å². The molecule has 7 N–H and O–H groups in total. The van der Waals surface area contributed by atoms with Gasteiger partial charge in [0.15, 0.2) is 11.4 Å². The molecule has 232 valence electrons. The molecule has 0 heterocycles. The third kappa shape index (κ3) is 4.84. The van der Waals surface area contributed by atoms with E-state index in [1.807, 2.05) is 24.3 Å². The van der Waals surface area contributed by atoms with Crippen molar-refractivity contribution in [2.75, 3.05) is 34.7 Å². The first-order valence-corrected chi connectivity index (χ1v) is 14.2. The predicted octanol–water partition coefficient (Wildman–Crippen LogP) is 0.965. The lowest BCUT2D eigenvalue weighted by molar-refractivity contribution is -0.148. The standard InChI is InChI=1S/C32H36N4O8/c1-35(2)14-22(38)34-13-15-5-7-16(8-6-15)18-9-10-21(37)24-19(18)11-17-12-20-26(36(3)4)28(40)25(31(33)43)30(42)32(20,44)29(41)23(17)27(24)39/h5-10,17,20,26,37,40-41,44H,11-14H2,1-4H3,(H2,33,43)(H,34,38)/t17-,20+,26+,32+/m0/s1. The molecule has 3 aliphatic carbocycles. The fourth-order valence-corrected chi connectivity index (χ4v) is 6.87. The number of fused-ring (bicyclic) bond motifs is 3. The minimum absolute atomic E-state index is 0.00639. The minimum atomic E-state index is -2.68. The number of ketones is 2. The number of likely N-dealkylation sites (N-methyl/N-ethyl adjacent to an activating group) is 2. The Labute approximate surface area is 254 Å². The van der Waals surface area contributed by atoms with E-state index < -0.39 is 58.0 Å². The molecule has 44 heavy (non-hydrogen) atoms. The second kappa shape index (κ2) is 11.2. The number of hydrogen-bond acceptors (Lipinski definition) is 10. The van der Waals surface area contributed by atoms with Crippen molar-refractivity contribution < 1.29 is 39.6 Å². The molecule has 5 rings (SSSR count). The van der Waals surface area contributed by atoms with Gasteiger partial charge >= 0.3 is 0 Å². The SMILES string of the molecule is CN(C)CC(=O)NCc1ccc(-c2ccc(O)c3c2C[C@H]2C[C@@H]4[C@@H](N(C)C)C(O)=C(C(N)=O)C(=O)[C@]4(O)C(O)=C2C3=O)cc1. The zero-order valence-corrected chi connectivity index (χ0v) is 24.9. The van der Waals surface area contributed by atoms with Crippen molar-refractivity contribution in [2.45, 2.75) is 31.0 Å². The van der Waals surface area contributed by atoms with Gasteiger partial charge in [0.25, 0.3) is 5.91 Å². The molecule has 0 aliphatic heterocycles. The van der Waals surface area contributed by atoms with E-state index in [4.69, 9.17) is 5.73 Å². The number of nitrogens with two attached hydrogens (primary N) is 1. The van der Waals surface area contributed by atoms with E-state index in [2.05, 4.69) is 5.32 Å². The summed E-state index contributed by atoms with van der Waals surface area (Å²) in [6.07, 6.45) is 0.188. The number of aliphatic hydroxyl groups is 3. The lowest BCUT2D eigenvalue weighted by atomic mass is 9.58. The van der Waals surface area contributed by atoms with Crippen molar-refractivity contribution in [1.82, 2.24) is 15.1 Å². The van der Waals surface area contributed by atoms with E-state index in [1.165, 1.54) is 11.0 Å². The summed E-state index contributed by atoms with van der Waals surface area (Å²) in [7, 11) is 6.78. The summed E-state index contributed by atoms with van der Waals surface area (Å²) >= 11 is 0. The van der Waals surface area contributed by atoms with E-state index in [0.717, 1.165) is 11.1 Å². The van der Waals surface area contributed by atoms with Crippen LogP contribution in [-0.4, -0.2) is 100.0 Å². The smallest absolute Gasteiger partial charge is 0.255 e. The maximum atomic E-state index is 14.0. The number of rotatable bonds is 7. The van der Waals surface area contributed by atoms with E-state index in [9.17, 15) is 39.6 Å². The maximum absolute atomic E-state index is 14.0. The van der Waals surface area contributed by atoms with Crippen LogP contribution in [0, 0.1) is 11.8 Å². The van der Waals surface area contributed by atoms with Gasteiger partial charge in [0, 0.05) is 18.0 Å². The van der Waals surface area contributed by atoms with Gasteiger partial charge in [-0.1, -0.05) is 30.3 Å². The first-order valence-electron chi connectivity index (χ1n) is 14.2. The molecule has 0 radical (unpaired) electrons. The second-order valence-corrected chi connectivity index (χ2v) is 12.2. The Balaban J connectivity index is 1.55. The molecule has 0 unspecified atom stereocenters. The molecule has 0 bridgehead atoms. The van der Waals surface area contributed by atoms with Gasteiger partial charge in [0.2, 0.25) is 11.7 Å². The van der Waals surface area contributed by atoms with Crippen LogP contribution in [0.2, 0.25) is 0 Å². The van der Waals surface area contributed by atoms with Crippen LogP contribution in [0.15, 0.2) is 59.1 Å². The highest BCUT2D eigenvalue weighted by molar-refractivity contribution is 6.24. The molecule has 3 aliphatic rings. The number of primary amides is 1. The van der Waals surface area contributed by atoms with Gasteiger partial charge in [-0.2, -0.15) is 0 Å². The Hall–Kier alpha value is -4.52. The van der Waals surface area contributed by atoms with Crippen LogP contribution < -0.4 is 11.1 Å². The number of hydrogen-bond donors (Lipinski definition) is 6. The van der Waals surface area contributed by atoms with Crippen LogP contribution in [0.3, 0.4) is 0 Å². The van der Waals surface area contributed by atoms with Crippen LogP contribution in [0.4, 0.5) is 0 Å². The molecule has 4 atom stereocenters. The molecule has 0 aromatic heterocycles. The Bertz CT molecular complexity index is 1640. The molecule has 0 fully saturated rings. The second-order valence-electron chi connectivity index (χ2n) is 12.2. The van der Waals surface area contributed by atoms with E-state index in [0.29, 0.717) is 17.7 Å². The first kappa shape index (κ1) is 30.9. The normalized spacial score (nSPS) is 24.8. The maximum Gasteiger partial charge on any atom is 0.255 e. The van der Waals surface area contributed by atoms with Crippen LogP contribution in [0.5, 0.6) is 5.75 Å². The van der Waals surface area contributed by atoms with E-state index in [1.54, 1.807) is 39.2 Å². The summed E-state index contributed by atoms with van der Waals surface area (Å²) in [5.41, 5.74) is 4.43. The van der Waals surface area contributed by atoms with Gasteiger partial charge in [-0.25, -0.2) is 0 Å². The first-order chi connectivity index (χ1) is 20.7. The van der Waals surface area contributed by atoms with Crippen LogP contribution in [-0.2, 0) is 27.3 Å². The number of nitrogens with zero attached hydrogens (tertiary/aromatic N) is 2. The molecule has 12 nitrogen and oxygen atoms in total. The van der Waals surface area contributed by atoms with Gasteiger partial charge < -0.3 is 36.4 Å². The van der Waals surface area contributed by atoms with E-state index >= 15 is 0 Å². The molecule has 0 saturated heterocycles. The summed E-state index contributed by atoms with van der Waals surface area (Å²) < 4.78 is 0. The van der Waals surface area contributed by atoms with Crippen LogP contribution >= 0.6 is 0 Å². The van der Waals surface area contributed by atoms with Gasteiger partial charge in [0.05, 0.1) is 18.2 Å². The highest BCUT2D eigenvalue weighted by Gasteiger charge is 2.63. The van der Waals surface area contributed by atoms with E-state index in [-0.39, 0.29) is 42.2 Å². The lowest BCUT2D eigenvalue weighted by Gasteiger charge is -2.50. The number of phenolic OH excluding ortho intramolecular Hbond substituents is 1. The zero-order chi connectivity index (χ0) is 32.2. The summed E-state index contributed by atoms with van der Waals surface area (Å²) in [6.45, 7) is 0.603. The topological polar surface area (TPSA) is 194 Å². The lowest BCUT2D eigenvalue weighted by Crippen LogP contribution is -2.63. The number of amides is 2. The van der Waals surface area contributed by atoms with Gasteiger partial charge in [-0.3, -0.25) is 24.1 Å². The molecule has 0 spiro atoms. The molecule has 0 saturated carbocycles. The molecular weight excluding hydrogens is 568 g/mol. The molecule has 12 heteroatoms. The Morgan fingerprint density at radius 3 is 2.27 bits per heavy atom. The fraction of sp³-hybridized carbons (Fsp3) is 0.375. The third-order valence-electron chi connectivity index (χ3n) is 8.82. The number of aliphatic hydroxyl groups excluding tert-OH is 2. The highest BCUT2D eigenvalue weighted by atomic mass is 16.3. The largest absolute Gasteiger partial charge is 0.510 e. The van der Waals surface area contributed by atoms with Crippen molar-refractivity contribution in [3.63, 3.8) is 0 Å². The Morgan fingerprint density at radius 1 is 1.02 bits per heavy atom. The summed E-state index contributed by atoms with van der Waals surface area (Å²) in [6, 6.07) is 9.42. The molecular formula is C32H36N4O8. The van der Waals surface area contributed by atoms with Gasteiger partial charge in [0.1, 0.15) is 22.8 Å².